The fraction of sp³-hybridized carbons (Fsp3) is 0.316. The summed E-state index contributed by atoms with van der Waals surface area (Å²) in [5.74, 6) is -0.224. The average Bonchev–Trinajstić information content (AvgIpc) is 2.53. The third-order valence-electron chi connectivity index (χ3n) is 3.75. The van der Waals surface area contributed by atoms with Crippen LogP contribution in [0, 0.1) is 13.8 Å². The number of hydrogen-bond donors (Lipinski definition) is 2. The fourth-order valence-electron chi connectivity index (χ4n) is 2.53. The predicted molar refractivity (Wildman–Crippen MR) is 104 cm³/mol. The summed E-state index contributed by atoms with van der Waals surface area (Å²) >= 11 is 0. The SMILES string of the molecule is Cc1cc(C)cc(NS(=O)(=O)c2ccc(C(=O)NCCN(C)C)cc2)c1. The molecule has 0 aromatic heterocycles. The normalized spacial score (nSPS) is 11.4. The molecule has 7 heteroatoms. The molecular formula is C19H25N3O3S. The summed E-state index contributed by atoms with van der Waals surface area (Å²) in [6.45, 7) is 5.08. The van der Waals surface area contributed by atoms with E-state index in [0.717, 1.165) is 17.7 Å². The van der Waals surface area contributed by atoms with E-state index in [2.05, 4.69) is 10.0 Å². The molecule has 0 spiro atoms. The highest BCUT2D eigenvalue weighted by molar-refractivity contribution is 7.92. The standard InChI is InChI=1S/C19H25N3O3S/c1-14-11-15(2)13-17(12-14)21-26(24,25)18-7-5-16(6-8-18)19(23)20-9-10-22(3)4/h5-8,11-13,21H,9-10H2,1-4H3,(H,20,23). The number of carbonyl (C=O) groups excluding carboxylic acids is 1. The van der Waals surface area contributed by atoms with E-state index in [1.807, 2.05) is 38.9 Å². The number of anilines is 1. The maximum absolute atomic E-state index is 12.5. The molecule has 2 aromatic carbocycles. The number of benzene rings is 2. The minimum atomic E-state index is -3.71. The second kappa shape index (κ2) is 8.33. The molecule has 6 nitrogen and oxygen atoms in total. The van der Waals surface area contributed by atoms with Gasteiger partial charge < -0.3 is 10.2 Å². The summed E-state index contributed by atoms with van der Waals surface area (Å²) < 4.78 is 27.6. The molecule has 0 unspecified atom stereocenters. The van der Waals surface area contributed by atoms with Crippen LogP contribution in [-0.2, 0) is 10.0 Å². The highest BCUT2D eigenvalue weighted by Gasteiger charge is 2.15. The number of aryl methyl sites for hydroxylation is 2. The Morgan fingerprint density at radius 2 is 1.58 bits per heavy atom. The lowest BCUT2D eigenvalue weighted by molar-refractivity contribution is 0.0951. The van der Waals surface area contributed by atoms with E-state index in [1.165, 1.54) is 24.3 Å². The second-order valence-electron chi connectivity index (χ2n) is 6.57. The predicted octanol–water partition coefficient (Wildman–Crippen LogP) is 2.40. The zero-order valence-corrected chi connectivity index (χ0v) is 16.4. The molecule has 0 atom stereocenters. The largest absolute Gasteiger partial charge is 0.351 e. The monoisotopic (exact) mass is 375 g/mol. The summed E-state index contributed by atoms with van der Waals surface area (Å²) in [5, 5.41) is 2.80. The van der Waals surface area contributed by atoms with Crippen LogP contribution in [-0.4, -0.2) is 46.4 Å². The van der Waals surface area contributed by atoms with E-state index in [9.17, 15) is 13.2 Å². The van der Waals surface area contributed by atoms with E-state index in [4.69, 9.17) is 0 Å². The van der Waals surface area contributed by atoms with Crippen LogP contribution in [0.4, 0.5) is 5.69 Å². The van der Waals surface area contributed by atoms with Crippen molar-refractivity contribution >= 4 is 21.6 Å². The Balaban J connectivity index is 2.09. The number of hydrogen-bond acceptors (Lipinski definition) is 4. The van der Waals surface area contributed by atoms with Crippen molar-refractivity contribution in [1.82, 2.24) is 10.2 Å². The van der Waals surface area contributed by atoms with Crippen molar-refractivity contribution in [2.75, 3.05) is 31.9 Å². The van der Waals surface area contributed by atoms with Crippen LogP contribution in [0.2, 0.25) is 0 Å². The van der Waals surface area contributed by atoms with Crippen molar-refractivity contribution in [2.45, 2.75) is 18.7 Å². The van der Waals surface area contributed by atoms with E-state index >= 15 is 0 Å². The average molecular weight is 375 g/mol. The molecule has 0 aliphatic rings. The molecule has 26 heavy (non-hydrogen) atoms. The van der Waals surface area contributed by atoms with Crippen LogP contribution in [0.5, 0.6) is 0 Å². The summed E-state index contributed by atoms with van der Waals surface area (Å²) in [6.07, 6.45) is 0. The zero-order chi connectivity index (χ0) is 19.3. The van der Waals surface area contributed by atoms with E-state index in [-0.39, 0.29) is 10.8 Å². The van der Waals surface area contributed by atoms with Crippen LogP contribution in [0.15, 0.2) is 47.4 Å². The Morgan fingerprint density at radius 3 is 2.12 bits per heavy atom. The topological polar surface area (TPSA) is 78.5 Å². The molecule has 2 rings (SSSR count). The number of sulfonamides is 1. The number of nitrogens with one attached hydrogen (secondary N) is 2. The van der Waals surface area contributed by atoms with Crippen molar-refractivity contribution in [1.29, 1.82) is 0 Å². The lowest BCUT2D eigenvalue weighted by atomic mass is 10.1. The number of likely N-dealkylation sites (N-methyl/N-ethyl adjacent to an activating group) is 1. The highest BCUT2D eigenvalue weighted by atomic mass is 32.2. The minimum absolute atomic E-state index is 0.113. The van der Waals surface area contributed by atoms with Crippen molar-refractivity contribution < 1.29 is 13.2 Å². The van der Waals surface area contributed by atoms with Crippen LogP contribution < -0.4 is 10.0 Å². The number of rotatable bonds is 7. The molecule has 0 aliphatic heterocycles. The van der Waals surface area contributed by atoms with E-state index in [1.54, 1.807) is 12.1 Å². The molecular weight excluding hydrogens is 350 g/mol. The van der Waals surface area contributed by atoms with Gasteiger partial charge in [-0.2, -0.15) is 0 Å². The van der Waals surface area contributed by atoms with Gasteiger partial charge in [-0.3, -0.25) is 9.52 Å². The van der Waals surface area contributed by atoms with Gasteiger partial charge in [0, 0.05) is 24.3 Å². The molecule has 2 aromatic rings. The molecule has 140 valence electrons. The maximum Gasteiger partial charge on any atom is 0.261 e. The molecule has 2 N–H and O–H groups in total. The first kappa shape index (κ1) is 19.9. The summed E-state index contributed by atoms with van der Waals surface area (Å²) in [6, 6.07) is 11.4. The Morgan fingerprint density at radius 1 is 1.00 bits per heavy atom. The van der Waals surface area contributed by atoms with Gasteiger partial charge >= 0.3 is 0 Å². The first-order valence-electron chi connectivity index (χ1n) is 8.31. The third kappa shape index (κ3) is 5.57. The number of amides is 1. The maximum atomic E-state index is 12.5. The highest BCUT2D eigenvalue weighted by Crippen LogP contribution is 2.19. The molecule has 0 radical (unpaired) electrons. The van der Waals surface area contributed by atoms with Gasteiger partial charge in [0.2, 0.25) is 0 Å². The summed E-state index contributed by atoms with van der Waals surface area (Å²) in [4.78, 5) is 14.1. The van der Waals surface area contributed by atoms with Crippen LogP contribution >= 0.6 is 0 Å². The Hall–Kier alpha value is -2.38. The first-order valence-corrected chi connectivity index (χ1v) is 9.80. The van der Waals surface area contributed by atoms with Gasteiger partial charge in [-0.05, 0) is 75.5 Å². The van der Waals surface area contributed by atoms with Gasteiger partial charge in [0.05, 0.1) is 4.90 Å². The lowest BCUT2D eigenvalue weighted by Crippen LogP contribution is -2.31. The number of nitrogens with zero attached hydrogens (tertiary/aromatic N) is 1. The molecule has 0 fully saturated rings. The lowest BCUT2D eigenvalue weighted by Gasteiger charge is -2.12. The fourth-order valence-corrected chi connectivity index (χ4v) is 3.57. The minimum Gasteiger partial charge on any atom is -0.351 e. The third-order valence-corrected chi connectivity index (χ3v) is 5.14. The molecule has 0 saturated carbocycles. The zero-order valence-electron chi connectivity index (χ0n) is 15.5. The Kier molecular flexibility index (Phi) is 6.39. The van der Waals surface area contributed by atoms with Gasteiger partial charge in [0.25, 0.3) is 15.9 Å². The van der Waals surface area contributed by atoms with Crippen LogP contribution in [0.3, 0.4) is 0 Å². The molecule has 0 aliphatic carbocycles. The number of carbonyl (C=O) groups is 1. The van der Waals surface area contributed by atoms with Crippen LogP contribution in [0.1, 0.15) is 21.5 Å². The summed E-state index contributed by atoms with van der Waals surface area (Å²) in [5.41, 5.74) is 2.90. The summed E-state index contributed by atoms with van der Waals surface area (Å²) in [7, 11) is 0.144. The van der Waals surface area contributed by atoms with Gasteiger partial charge in [-0.15, -0.1) is 0 Å². The molecule has 0 heterocycles. The van der Waals surface area contributed by atoms with Gasteiger partial charge in [-0.1, -0.05) is 6.07 Å². The van der Waals surface area contributed by atoms with Crippen molar-refractivity contribution in [3.8, 4) is 0 Å². The van der Waals surface area contributed by atoms with Gasteiger partial charge in [-0.25, -0.2) is 8.42 Å². The van der Waals surface area contributed by atoms with E-state index in [0.29, 0.717) is 17.8 Å². The van der Waals surface area contributed by atoms with Gasteiger partial charge in [0.1, 0.15) is 0 Å². The van der Waals surface area contributed by atoms with Crippen LogP contribution in [0.25, 0.3) is 0 Å². The van der Waals surface area contributed by atoms with Crippen molar-refractivity contribution in [3.05, 3.63) is 59.2 Å². The molecule has 1 amide bonds. The second-order valence-corrected chi connectivity index (χ2v) is 8.25. The quantitative estimate of drug-likeness (QED) is 0.779. The van der Waals surface area contributed by atoms with E-state index < -0.39 is 10.0 Å². The van der Waals surface area contributed by atoms with Crippen molar-refractivity contribution in [2.24, 2.45) is 0 Å². The Bertz CT molecular complexity index is 855. The molecule has 0 saturated heterocycles. The first-order chi connectivity index (χ1) is 12.2. The van der Waals surface area contributed by atoms with Crippen molar-refractivity contribution in [3.63, 3.8) is 0 Å². The van der Waals surface area contributed by atoms with Gasteiger partial charge in [0.15, 0.2) is 0 Å². The smallest absolute Gasteiger partial charge is 0.261 e. The molecule has 0 bridgehead atoms. The Labute approximate surface area is 155 Å².